The third-order valence-electron chi connectivity index (χ3n) is 3.24. The Balaban J connectivity index is 3.34. The molecule has 1 rings (SSSR count). The first-order valence-electron chi connectivity index (χ1n) is 5.86. The van der Waals surface area contributed by atoms with Crippen molar-refractivity contribution in [1.29, 1.82) is 0 Å². The normalized spacial score (nSPS) is 12.4. The Morgan fingerprint density at radius 2 is 1.63 bits per heavy atom. The zero-order valence-electron chi connectivity index (χ0n) is 11.4. The van der Waals surface area contributed by atoms with E-state index in [-0.39, 0.29) is 0 Å². The van der Waals surface area contributed by atoms with Crippen LogP contribution in [0.25, 0.3) is 0 Å². The lowest BCUT2D eigenvalue weighted by atomic mass is 9.73. The van der Waals surface area contributed by atoms with Crippen LogP contribution in [0.2, 0.25) is 0 Å². The van der Waals surface area contributed by atoms with E-state index in [4.69, 9.17) is 9.47 Å². The molecular formula is C15H18O4. The van der Waals surface area contributed by atoms with Gasteiger partial charge in [-0.25, -0.2) is 0 Å². The molecule has 0 aliphatic carbocycles. The average Bonchev–Trinajstić information content (AvgIpc) is 2.46. The molecule has 102 valence electrons. The molecule has 0 saturated carbocycles. The smallest absolute Gasteiger partial charge is 0.323 e. The number of methoxy groups -OCH3 is 2. The van der Waals surface area contributed by atoms with Gasteiger partial charge in [0.15, 0.2) is 5.41 Å². The summed E-state index contributed by atoms with van der Waals surface area (Å²) in [4.78, 5) is 24.1. The Morgan fingerprint density at radius 1 is 1.16 bits per heavy atom. The minimum absolute atomic E-state index is 0.520. The fraction of sp³-hybridized carbons (Fsp3) is 0.333. The van der Waals surface area contributed by atoms with Crippen molar-refractivity contribution in [3.05, 3.63) is 48.6 Å². The number of benzene rings is 1. The van der Waals surface area contributed by atoms with Gasteiger partial charge in [-0.2, -0.15) is 0 Å². The molecule has 1 aromatic rings. The SMILES string of the molecule is C=C[C@@H](c1ccccc1)C(C)(C(=O)OC)C(=O)OC. The molecule has 19 heavy (non-hydrogen) atoms. The molecule has 0 aliphatic heterocycles. The van der Waals surface area contributed by atoms with Crippen LogP contribution in [0.4, 0.5) is 0 Å². The number of hydrogen-bond acceptors (Lipinski definition) is 4. The highest BCUT2D eigenvalue weighted by atomic mass is 16.5. The van der Waals surface area contributed by atoms with E-state index in [0.717, 1.165) is 5.56 Å². The number of rotatable bonds is 5. The van der Waals surface area contributed by atoms with Crippen molar-refractivity contribution >= 4 is 11.9 Å². The van der Waals surface area contributed by atoms with Gasteiger partial charge >= 0.3 is 11.9 Å². The Hall–Kier alpha value is -2.10. The maximum absolute atomic E-state index is 12.0. The number of hydrogen-bond donors (Lipinski definition) is 0. The third-order valence-corrected chi connectivity index (χ3v) is 3.24. The lowest BCUT2D eigenvalue weighted by Gasteiger charge is -2.30. The summed E-state index contributed by atoms with van der Waals surface area (Å²) in [6.07, 6.45) is 1.56. The summed E-state index contributed by atoms with van der Waals surface area (Å²) < 4.78 is 9.51. The van der Waals surface area contributed by atoms with Gasteiger partial charge in [0.25, 0.3) is 0 Å². The average molecular weight is 262 g/mol. The Morgan fingerprint density at radius 3 is 2.00 bits per heavy atom. The topological polar surface area (TPSA) is 52.6 Å². The lowest BCUT2D eigenvalue weighted by molar-refractivity contribution is -0.168. The van der Waals surface area contributed by atoms with Crippen LogP contribution in [-0.2, 0) is 19.1 Å². The lowest BCUT2D eigenvalue weighted by Crippen LogP contribution is -2.43. The monoisotopic (exact) mass is 262 g/mol. The number of allylic oxidation sites excluding steroid dienone is 1. The first-order chi connectivity index (χ1) is 9.02. The Kier molecular flexibility index (Phi) is 4.87. The highest BCUT2D eigenvalue weighted by Gasteiger charge is 2.49. The number of carbonyl (C=O) groups excluding carboxylic acids is 2. The number of ether oxygens (including phenoxy) is 2. The van der Waals surface area contributed by atoms with E-state index < -0.39 is 23.3 Å². The van der Waals surface area contributed by atoms with Crippen LogP contribution in [0.15, 0.2) is 43.0 Å². The summed E-state index contributed by atoms with van der Waals surface area (Å²) in [5.74, 6) is -1.81. The first-order valence-corrected chi connectivity index (χ1v) is 5.86. The molecule has 0 fully saturated rings. The highest BCUT2D eigenvalue weighted by Crippen LogP contribution is 2.39. The van der Waals surface area contributed by atoms with E-state index in [9.17, 15) is 9.59 Å². The second kappa shape index (κ2) is 6.18. The van der Waals surface area contributed by atoms with Crippen LogP contribution in [0.3, 0.4) is 0 Å². The van der Waals surface area contributed by atoms with Gasteiger partial charge in [0.1, 0.15) is 0 Å². The maximum Gasteiger partial charge on any atom is 0.323 e. The molecule has 4 heteroatoms. The number of esters is 2. The molecule has 0 N–H and O–H groups in total. The van der Waals surface area contributed by atoms with Gasteiger partial charge in [0, 0.05) is 5.92 Å². The van der Waals surface area contributed by atoms with E-state index in [0.29, 0.717) is 0 Å². The summed E-state index contributed by atoms with van der Waals surface area (Å²) in [5.41, 5.74) is -0.650. The quantitative estimate of drug-likeness (QED) is 0.464. The summed E-state index contributed by atoms with van der Waals surface area (Å²) in [6.45, 7) is 5.23. The van der Waals surface area contributed by atoms with Gasteiger partial charge in [-0.15, -0.1) is 6.58 Å². The van der Waals surface area contributed by atoms with Gasteiger partial charge in [-0.1, -0.05) is 36.4 Å². The van der Waals surface area contributed by atoms with Gasteiger partial charge in [-0.05, 0) is 12.5 Å². The molecule has 0 aromatic heterocycles. The number of carbonyl (C=O) groups is 2. The van der Waals surface area contributed by atoms with Crippen molar-refractivity contribution in [3.8, 4) is 0 Å². The molecule has 0 unspecified atom stereocenters. The van der Waals surface area contributed by atoms with E-state index >= 15 is 0 Å². The maximum atomic E-state index is 12.0. The third kappa shape index (κ3) is 2.67. The minimum atomic E-state index is -1.45. The van der Waals surface area contributed by atoms with Crippen LogP contribution in [-0.4, -0.2) is 26.2 Å². The molecule has 4 nitrogen and oxygen atoms in total. The second-order valence-corrected chi connectivity index (χ2v) is 4.31. The van der Waals surface area contributed by atoms with E-state index in [1.807, 2.05) is 30.3 Å². The van der Waals surface area contributed by atoms with Crippen molar-refractivity contribution in [1.82, 2.24) is 0 Å². The minimum Gasteiger partial charge on any atom is -0.468 e. The standard InChI is InChI=1S/C15H18O4/c1-5-12(11-9-7-6-8-10-11)15(2,13(16)18-3)14(17)19-4/h5-10,12H,1H2,2-4H3/t12-/m0/s1. The van der Waals surface area contributed by atoms with Crippen molar-refractivity contribution < 1.29 is 19.1 Å². The van der Waals surface area contributed by atoms with Crippen LogP contribution >= 0.6 is 0 Å². The molecule has 1 aromatic carbocycles. The summed E-state index contributed by atoms with van der Waals surface area (Å²) in [5, 5.41) is 0. The van der Waals surface area contributed by atoms with E-state index in [1.165, 1.54) is 21.1 Å². The zero-order chi connectivity index (χ0) is 14.5. The van der Waals surface area contributed by atoms with Crippen LogP contribution < -0.4 is 0 Å². The van der Waals surface area contributed by atoms with Crippen molar-refractivity contribution in [2.45, 2.75) is 12.8 Å². The van der Waals surface area contributed by atoms with Gasteiger partial charge in [0.05, 0.1) is 14.2 Å². The van der Waals surface area contributed by atoms with Crippen LogP contribution in [0.5, 0.6) is 0 Å². The summed E-state index contributed by atoms with van der Waals surface area (Å²) in [7, 11) is 2.49. The van der Waals surface area contributed by atoms with Crippen LogP contribution in [0.1, 0.15) is 18.4 Å². The fourth-order valence-electron chi connectivity index (χ4n) is 2.13. The molecule has 0 aliphatic rings. The second-order valence-electron chi connectivity index (χ2n) is 4.31. The molecule has 1 atom stereocenters. The molecule has 0 amide bonds. The van der Waals surface area contributed by atoms with Gasteiger partial charge in [-0.3, -0.25) is 9.59 Å². The van der Waals surface area contributed by atoms with E-state index in [2.05, 4.69) is 6.58 Å². The van der Waals surface area contributed by atoms with Gasteiger partial charge in [0.2, 0.25) is 0 Å². The summed E-state index contributed by atoms with van der Waals surface area (Å²) >= 11 is 0. The molecule has 0 heterocycles. The van der Waals surface area contributed by atoms with Gasteiger partial charge < -0.3 is 9.47 Å². The van der Waals surface area contributed by atoms with Crippen molar-refractivity contribution in [2.24, 2.45) is 5.41 Å². The Labute approximate surface area is 113 Å². The Bertz CT molecular complexity index is 448. The molecular weight excluding hydrogens is 244 g/mol. The molecule has 0 bridgehead atoms. The zero-order valence-corrected chi connectivity index (χ0v) is 11.4. The predicted molar refractivity (Wildman–Crippen MR) is 71.5 cm³/mol. The van der Waals surface area contributed by atoms with Crippen molar-refractivity contribution in [2.75, 3.05) is 14.2 Å². The highest BCUT2D eigenvalue weighted by molar-refractivity contribution is 6.01. The fourth-order valence-corrected chi connectivity index (χ4v) is 2.13. The summed E-state index contributed by atoms with van der Waals surface area (Å²) in [6, 6.07) is 9.19. The molecule has 0 saturated heterocycles. The molecule has 0 radical (unpaired) electrons. The van der Waals surface area contributed by atoms with Crippen LogP contribution in [0, 0.1) is 5.41 Å². The van der Waals surface area contributed by atoms with E-state index in [1.54, 1.807) is 6.08 Å². The predicted octanol–water partition coefficient (Wildman–Crippen LogP) is 2.31. The molecule has 0 spiro atoms. The first kappa shape index (κ1) is 15.0. The van der Waals surface area contributed by atoms with Crippen molar-refractivity contribution in [3.63, 3.8) is 0 Å². The largest absolute Gasteiger partial charge is 0.468 e.